The second-order valence-electron chi connectivity index (χ2n) is 7.27. The fourth-order valence-electron chi connectivity index (χ4n) is 3.51. The highest BCUT2D eigenvalue weighted by Crippen LogP contribution is 2.39. The Balaban J connectivity index is 2.32. The van der Waals surface area contributed by atoms with Crippen LogP contribution in [0.25, 0.3) is 10.9 Å². The molecule has 0 fully saturated rings. The van der Waals surface area contributed by atoms with E-state index in [1.807, 2.05) is 0 Å². The highest BCUT2D eigenvalue weighted by molar-refractivity contribution is 6.31. The summed E-state index contributed by atoms with van der Waals surface area (Å²) in [5, 5.41) is 9.91. The number of halogens is 3. The number of nitrogens with zero attached hydrogens (tertiary/aromatic N) is 1. The Labute approximate surface area is 176 Å². The summed E-state index contributed by atoms with van der Waals surface area (Å²) in [4.78, 5) is 25.7. The van der Waals surface area contributed by atoms with Crippen molar-refractivity contribution in [1.82, 2.24) is 4.57 Å². The fourth-order valence-corrected chi connectivity index (χ4v) is 3.70. The van der Waals surface area contributed by atoms with Crippen LogP contribution in [0.3, 0.4) is 0 Å². The molecule has 0 amide bonds. The van der Waals surface area contributed by atoms with E-state index < -0.39 is 41.3 Å². The molecule has 0 spiro atoms. The van der Waals surface area contributed by atoms with Crippen LogP contribution in [0.4, 0.5) is 8.78 Å². The van der Waals surface area contributed by atoms with E-state index in [2.05, 4.69) is 0 Å². The van der Waals surface area contributed by atoms with Crippen LogP contribution in [0.15, 0.2) is 30.3 Å². The zero-order valence-electron chi connectivity index (χ0n) is 16.8. The Bertz CT molecular complexity index is 1170. The number of benzene rings is 2. The third kappa shape index (κ3) is 3.65. The molecule has 1 heterocycles. The Morgan fingerprint density at radius 1 is 1.17 bits per heavy atom. The second-order valence-corrected chi connectivity index (χ2v) is 7.71. The highest BCUT2D eigenvalue weighted by atomic mass is 35.5. The predicted molar refractivity (Wildman–Crippen MR) is 109 cm³/mol. The molecule has 0 unspecified atom stereocenters. The molecule has 0 aliphatic rings. The number of hydrogen-bond acceptors (Lipinski definition) is 4. The van der Waals surface area contributed by atoms with E-state index in [0.717, 1.165) is 10.6 Å². The molecule has 0 aliphatic carbocycles. The summed E-state index contributed by atoms with van der Waals surface area (Å²) in [5.41, 5.74) is 0.454. The van der Waals surface area contributed by atoms with Gasteiger partial charge in [-0.1, -0.05) is 17.7 Å². The number of hydrogen-bond donors (Lipinski definition) is 1. The van der Waals surface area contributed by atoms with E-state index >= 15 is 0 Å². The van der Waals surface area contributed by atoms with Crippen molar-refractivity contribution in [1.29, 1.82) is 0 Å². The van der Waals surface area contributed by atoms with E-state index in [-0.39, 0.29) is 27.7 Å². The summed E-state index contributed by atoms with van der Waals surface area (Å²) < 4.78 is 35.4. The van der Waals surface area contributed by atoms with Gasteiger partial charge in [-0.05, 0) is 51.5 Å². The summed E-state index contributed by atoms with van der Waals surface area (Å²) in [5.74, 6) is -5.83. The van der Waals surface area contributed by atoms with E-state index in [1.165, 1.54) is 26.0 Å². The maximum atomic E-state index is 14.9. The average Bonchev–Trinajstić information content (AvgIpc) is 2.96. The molecule has 158 valence electrons. The predicted octanol–water partition coefficient (Wildman–Crippen LogP) is 5.33. The van der Waals surface area contributed by atoms with Crippen LogP contribution >= 0.6 is 11.6 Å². The molecule has 1 atom stereocenters. The van der Waals surface area contributed by atoms with E-state index in [0.29, 0.717) is 5.02 Å². The normalized spacial score (nSPS) is 12.4. The molecule has 0 aliphatic heterocycles. The summed E-state index contributed by atoms with van der Waals surface area (Å²) in [6, 6.07) is 6.98. The quantitative estimate of drug-likeness (QED) is 0.562. The maximum absolute atomic E-state index is 14.9. The monoisotopic (exact) mass is 435 g/mol. The van der Waals surface area contributed by atoms with Crippen LogP contribution < -0.4 is 0 Å². The largest absolute Gasteiger partial charge is 0.503 e. The first-order valence-corrected chi connectivity index (χ1v) is 9.65. The van der Waals surface area contributed by atoms with Gasteiger partial charge >= 0.3 is 5.97 Å². The molecule has 1 aromatic heterocycles. The lowest BCUT2D eigenvalue weighted by atomic mass is 9.97. The van der Waals surface area contributed by atoms with Crippen LogP contribution in [-0.4, -0.2) is 27.7 Å². The number of ether oxygens (including phenoxy) is 1. The van der Waals surface area contributed by atoms with Gasteiger partial charge in [0.15, 0.2) is 17.4 Å². The minimum absolute atomic E-state index is 0.107. The van der Waals surface area contributed by atoms with Gasteiger partial charge in [0.1, 0.15) is 0 Å². The van der Waals surface area contributed by atoms with Gasteiger partial charge in [-0.2, -0.15) is 0 Å². The first-order valence-electron chi connectivity index (χ1n) is 9.27. The number of carbonyl (C=O) groups excluding carboxylic acids is 2. The number of fused-ring (bicyclic) bond motifs is 1. The van der Waals surface area contributed by atoms with Crippen molar-refractivity contribution in [3.05, 3.63) is 63.8 Å². The molecule has 3 aromatic rings. The standard InChI is InChI=1S/C22H20ClF2NO4/c1-10(2)30-22(29)11(3)17-12(4)26(21(28)13-6-5-7-14(23)8-13)16-9-15(24)20(27)19(25)18(16)17/h5-11,27H,1-4H3/t11-/m1/s1. The fraction of sp³-hybridized carbons (Fsp3) is 0.273. The Morgan fingerprint density at radius 3 is 2.43 bits per heavy atom. The minimum Gasteiger partial charge on any atom is -0.503 e. The first kappa shape index (κ1) is 21.8. The van der Waals surface area contributed by atoms with Crippen LogP contribution in [0.2, 0.25) is 5.02 Å². The topological polar surface area (TPSA) is 68.5 Å². The molecule has 0 saturated heterocycles. The van der Waals surface area contributed by atoms with Crippen molar-refractivity contribution in [3.8, 4) is 5.75 Å². The molecule has 2 aromatic carbocycles. The third-order valence-electron chi connectivity index (χ3n) is 4.82. The lowest BCUT2D eigenvalue weighted by molar-refractivity contribution is -0.148. The molecule has 1 N–H and O–H groups in total. The van der Waals surface area contributed by atoms with Gasteiger partial charge < -0.3 is 9.84 Å². The van der Waals surface area contributed by atoms with Crippen molar-refractivity contribution in [2.24, 2.45) is 0 Å². The van der Waals surface area contributed by atoms with Gasteiger partial charge in [0, 0.05) is 27.7 Å². The number of aromatic hydroxyl groups is 1. The Kier molecular flexibility index (Phi) is 5.85. The summed E-state index contributed by atoms with van der Waals surface area (Å²) in [7, 11) is 0. The van der Waals surface area contributed by atoms with Gasteiger partial charge in [0.2, 0.25) is 0 Å². The zero-order valence-corrected chi connectivity index (χ0v) is 17.6. The third-order valence-corrected chi connectivity index (χ3v) is 5.06. The lowest BCUT2D eigenvalue weighted by Gasteiger charge is -2.15. The van der Waals surface area contributed by atoms with Crippen LogP contribution in [0.5, 0.6) is 5.75 Å². The summed E-state index contributed by atoms with van der Waals surface area (Å²) in [6.07, 6.45) is -0.405. The van der Waals surface area contributed by atoms with E-state index in [4.69, 9.17) is 16.3 Å². The molecule has 5 nitrogen and oxygen atoms in total. The minimum atomic E-state index is -1.25. The molecule has 3 rings (SSSR count). The summed E-state index contributed by atoms with van der Waals surface area (Å²) in [6.45, 7) is 6.36. The van der Waals surface area contributed by atoms with Gasteiger partial charge in [-0.25, -0.2) is 8.78 Å². The van der Waals surface area contributed by atoms with Gasteiger partial charge in [0.25, 0.3) is 5.91 Å². The number of carbonyl (C=O) groups is 2. The number of phenols is 1. The molecule has 30 heavy (non-hydrogen) atoms. The van der Waals surface area contributed by atoms with Crippen molar-refractivity contribution in [2.75, 3.05) is 0 Å². The Morgan fingerprint density at radius 2 is 1.83 bits per heavy atom. The second kappa shape index (κ2) is 8.07. The summed E-state index contributed by atoms with van der Waals surface area (Å²) >= 11 is 5.98. The molecular weight excluding hydrogens is 416 g/mol. The first-order chi connectivity index (χ1) is 14.0. The van der Waals surface area contributed by atoms with Crippen molar-refractivity contribution >= 4 is 34.4 Å². The molecule has 0 saturated carbocycles. The molecule has 8 heteroatoms. The van der Waals surface area contributed by atoms with Crippen LogP contribution in [-0.2, 0) is 9.53 Å². The number of aromatic nitrogens is 1. The van der Waals surface area contributed by atoms with Crippen LogP contribution in [0, 0.1) is 18.6 Å². The highest BCUT2D eigenvalue weighted by Gasteiger charge is 2.31. The van der Waals surface area contributed by atoms with Crippen LogP contribution in [0.1, 0.15) is 48.3 Å². The van der Waals surface area contributed by atoms with Gasteiger partial charge in [-0.15, -0.1) is 0 Å². The van der Waals surface area contributed by atoms with Gasteiger partial charge in [-0.3, -0.25) is 14.2 Å². The lowest BCUT2D eigenvalue weighted by Crippen LogP contribution is -2.19. The van der Waals surface area contributed by atoms with E-state index in [9.17, 15) is 23.5 Å². The molecule has 0 radical (unpaired) electrons. The molecule has 0 bridgehead atoms. The Hall–Kier alpha value is -2.93. The number of phenolic OH excluding ortho intramolecular Hbond substituents is 1. The number of rotatable bonds is 4. The maximum Gasteiger partial charge on any atom is 0.313 e. The number of esters is 1. The van der Waals surface area contributed by atoms with Crippen molar-refractivity contribution in [2.45, 2.75) is 39.7 Å². The smallest absolute Gasteiger partial charge is 0.313 e. The van der Waals surface area contributed by atoms with Gasteiger partial charge in [0.05, 0.1) is 17.5 Å². The van der Waals surface area contributed by atoms with E-state index in [1.54, 1.807) is 26.0 Å². The SMILES string of the molecule is Cc1c([C@@H](C)C(=O)OC(C)C)c2c(F)c(O)c(F)cc2n1C(=O)c1cccc(Cl)c1. The molecular formula is C22H20ClF2NO4. The van der Waals surface area contributed by atoms with Crippen molar-refractivity contribution < 1.29 is 28.2 Å². The van der Waals surface area contributed by atoms with Crippen molar-refractivity contribution in [3.63, 3.8) is 0 Å². The average molecular weight is 436 g/mol. The zero-order chi connectivity index (χ0) is 22.3.